The molecule has 0 heterocycles. The fraction of sp³-hybridized carbons (Fsp3) is 0.538. The first kappa shape index (κ1) is 16.7. The lowest BCUT2D eigenvalue weighted by Crippen LogP contribution is -2.25. The van der Waals surface area contributed by atoms with Gasteiger partial charge in [0.1, 0.15) is 5.75 Å². The Balaban J connectivity index is 2.62. The van der Waals surface area contributed by atoms with Gasteiger partial charge in [0.2, 0.25) is 10.0 Å². The van der Waals surface area contributed by atoms with Crippen LogP contribution in [0, 0.1) is 5.92 Å². The first-order chi connectivity index (χ1) is 9.40. The van der Waals surface area contributed by atoms with Crippen molar-refractivity contribution in [1.29, 1.82) is 0 Å². The first-order valence-electron chi connectivity index (χ1n) is 6.44. The van der Waals surface area contributed by atoms with Crippen molar-refractivity contribution in [2.45, 2.75) is 24.7 Å². The van der Waals surface area contributed by atoms with Crippen molar-refractivity contribution in [2.24, 2.45) is 5.92 Å². The molecule has 0 aliphatic carbocycles. The molecule has 114 valence electrons. The third-order valence-electron chi connectivity index (χ3n) is 2.99. The molecule has 0 radical (unpaired) electrons. The lowest BCUT2D eigenvalue weighted by molar-refractivity contribution is 0.228. The van der Waals surface area contributed by atoms with E-state index in [0.29, 0.717) is 18.7 Å². The van der Waals surface area contributed by atoms with Gasteiger partial charge in [-0.1, -0.05) is 6.92 Å². The summed E-state index contributed by atoms with van der Waals surface area (Å²) in [6.45, 7) is 2.36. The van der Waals surface area contributed by atoms with E-state index in [0.717, 1.165) is 6.42 Å². The molecule has 1 atom stereocenters. The van der Waals surface area contributed by atoms with Crippen LogP contribution in [0.5, 0.6) is 5.75 Å². The van der Waals surface area contributed by atoms with Crippen LogP contribution in [0.3, 0.4) is 0 Å². The van der Waals surface area contributed by atoms with E-state index in [4.69, 9.17) is 15.6 Å². The number of hydrogen-bond donors (Lipinski definition) is 3. The zero-order valence-electron chi connectivity index (χ0n) is 11.8. The molecule has 1 aromatic rings. The molecule has 1 aromatic carbocycles. The minimum absolute atomic E-state index is 0.113. The van der Waals surface area contributed by atoms with Crippen LogP contribution in [-0.2, 0) is 10.0 Å². The maximum atomic E-state index is 12.0. The minimum Gasteiger partial charge on any atom is -0.495 e. The monoisotopic (exact) mass is 302 g/mol. The molecule has 6 nitrogen and oxygen atoms in total. The Kier molecular flexibility index (Phi) is 6.25. The van der Waals surface area contributed by atoms with Gasteiger partial charge in [-0.2, -0.15) is 0 Å². The van der Waals surface area contributed by atoms with E-state index in [1.165, 1.54) is 25.3 Å². The number of nitrogens with two attached hydrogens (primary N) is 1. The molecule has 1 unspecified atom stereocenters. The number of nitrogens with one attached hydrogen (secondary N) is 1. The van der Waals surface area contributed by atoms with Crippen molar-refractivity contribution in [3.63, 3.8) is 0 Å². The highest BCUT2D eigenvalue weighted by Crippen LogP contribution is 2.24. The zero-order valence-corrected chi connectivity index (χ0v) is 12.6. The number of rotatable bonds is 8. The van der Waals surface area contributed by atoms with E-state index >= 15 is 0 Å². The van der Waals surface area contributed by atoms with E-state index in [1.54, 1.807) is 0 Å². The van der Waals surface area contributed by atoms with E-state index in [2.05, 4.69) is 4.72 Å². The Morgan fingerprint density at radius 2 is 2.15 bits per heavy atom. The van der Waals surface area contributed by atoms with Gasteiger partial charge in [0.15, 0.2) is 0 Å². The molecule has 0 bridgehead atoms. The van der Waals surface area contributed by atoms with Gasteiger partial charge in [-0.05, 0) is 37.0 Å². The van der Waals surface area contributed by atoms with Gasteiger partial charge in [-0.25, -0.2) is 13.1 Å². The van der Waals surface area contributed by atoms with Crippen molar-refractivity contribution >= 4 is 15.7 Å². The highest BCUT2D eigenvalue weighted by atomic mass is 32.2. The number of benzene rings is 1. The molecule has 4 N–H and O–H groups in total. The average Bonchev–Trinajstić information content (AvgIpc) is 2.43. The summed E-state index contributed by atoms with van der Waals surface area (Å²) in [6.07, 6.45) is 1.44. The summed E-state index contributed by atoms with van der Waals surface area (Å²) in [4.78, 5) is 0.117. The maximum absolute atomic E-state index is 12.0. The van der Waals surface area contributed by atoms with E-state index in [9.17, 15) is 8.42 Å². The van der Waals surface area contributed by atoms with Gasteiger partial charge >= 0.3 is 0 Å². The van der Waals surface area contributed by atoms with Crippen molar-refractivity contribution < 1.29 is 18.3 Å². The van der Waals surface area contributed by atoms with Gasteiger partial charge < -0.3 is 15.6 Å². The van der Waals surface area contributed by atoms with Crippen LogP contribution in [0.15, 0.2) is 23.1 Å². The summed E-state index contributed by atoms with van der Waals surface area (Å²) >= 11 is 0. The molecule has 7 heteroatoms. The molecule has 1 rings (SSSR count). The standard InChI is InChI=1S/C13H22N2O4S/c1-10(9-16)4-3-7-15-20(17,18)11-5-6-13(19-2)12(14)8-11/h5-6,8,10,15-16H,3-4,7,9,14H2,1-2H3. The molecule has 0 aromatic heterocycles. The van der Waals surface area contributed by atoms with Crippen LogP contribution in [0.1, 0.15) is 19.8 Å². The third-order valence-corrected chi connectivity index (χ3v) is 4.45. The molecule has 0 spiro atoms. The quantitative estimate of drug-likeness (QED) is 0.490. The predicted molar refractivity (Wildman–Crippen MR) is 78.1 cm³/mol. The number of aliphatic hydroxyl groups is 1. The SMILES string of the molecule is COc1ccc(S(=O)(=O)NCCCC(C)CO)cc1N. The summed E-state index contributed by atoms with van der Waals surface area (Å²) in [5.74, 6) is 0.622. The number of anilines is 1. The molecule has 0 aliphatic rings. The molecule has 20 heavy (non-hydrogen) atoms. The van der Waals surface area contributed by atoms with Crippen molar-refractivity contribution in [3.05, 3.63) is 18.2 Å². The summed E-state index contributed by atoms with van der Waals surface area (Å²) in [7, 11) is -2.09. The molecular formula is C13H22N2O4S. The largest absolute Gasteiger partial charge is 0.495 e. The average molecular weight is 302 g/mol. The molecule has 0 aliphatic heterocycles. The molecule has 0 amide bonds. The van der Waals surface area contributed by atoms with E-state index in [-0.39, 0.29) is 23.1 Å². The van der Waals surface area contributed by atoms with Crippen molar-refractivity contribution in [2.75, 3.05) is 26.0 Å². The van der Waals surface area contributed by atoms with Crippen LogP contribution in [0.4, 0.5) is 5.69 Å². The van der Waals surface area contributed by atoms with Gasteiger partial charge in [-0.15, -0.1) is 0 Å². The van der Waals surface area contributed by atoms with Crippen LogP contribution in [-0.4, -0.2) is 33.8 Å². The minimum atomic E-state index is -3.56. The highest BCUT2D eigenvalue weighted by Gasteiger charge is 2.15. The molecule has 0 fully saturated rings. The van der Waals surface area contributed by atoms with Crippen LogP contribution in [0.25, 0.3) is 0 Å². The summed E-state index contributed by atoms with van der Waals surface area (Å²) in [6, 6.07) is 4.35. The number of sulfonamides is 1. The van der Waals surface area contributed by atoms with Gasteiger partial charge in [0.25, 0.3) is 0 Å². The van der Waals surface area contributed by atoms with Crippen molar-refractivity contribution in [1.82, 2.24) is 4.72 Å². The number of ether oxygens (including phenoxy) is 1. The maximum Gasteiger partial charge on any atom is 0.240 e. The number of methoxy groups -OCH3 is 1. The van der Waals surface area contributed by atoms with Gasteiger partial charge in [0, 0.05) is 13.2 Å². The van der Waals surface area contributed by atoms with Gasteiger partial charge in [0.05, 0.1) is 17.7 Å². The number of aliphatic hydroxyl groups excluding tert-OH is 1. The Hall–Kier alpha value is -1.31. The molecule has 0 saturated carbocycles. The van der Waals surface area contributed by atoms with Crippen LogP contribution >= 0.6 is 0 Å². The third kappa shape index (κ3) is 4.66. The first-order valence-corrected chi connectivity index (χ1v) is 7.93. The second kappa shape index (κ2) is 7.47. The predicted octanol–water partition coefficient (Wildman–Crippen LogP) is 0.964. The van der Waals surface area contributed by atoms with Gasteiger partial charge in [-0.3, -0.25) is 0 Å². The topological polar surface area (TPSA) is 102 Å². The summed E-state index contributed by atoms with van der Waals surface area (Å²) in [5, 5.41) is 8.89. The van der Waals surface area contributed by atoms with Crippen LogP contribution < -0.4 is 15.2 Å². The van der Waals surface area contributed by atoms with Crippen LogP contribution in [0.2, 0.25) is 0 Å². The Morgan fingerprint density at radius 3 is 2.70 bits per heavy atom. The molecular weight excluding hydrogens is 280 g/mol. The van der Waals surface area contributed by atoms with E-state index in [1.807, 2.05) is 6.92 Å². The second-order valence-electron chi connectivity index (χ2n) is 4.73. The lowest BCUT2D eigenvalue weighted by atomic mass is 10.1. The summed E-state index contributed by atoms with van der Waals surface area (Å²) in [5.41, 5.74) is 5.98. The highest BCUT2D eigenvalue weighted by molar-refractivity contribution is 7.89. The number of nitrogen functional groups attached to an aromatic ring is 1. The fourth-order valence-electron chi connectivity index (χ4n) is 1.71. The Labute approximate surface area is 120 Å². The lowest BCUT2D eigenvalue weighted by Gasteiger charge is -2.10. The van der Waals surface area contributed by atoms with E-state index < -0.39 is 10.0 Å². The smallest absolute Gasteiger partial charge is 0.240 e. The second-order valence-corrected chi connectivity index (χ2v) is 6.50. The Bertz CT molecular complexity index is 531. The Morgan fingerprint density at radius 1 is 1.45 bits per heavy atom. The summed E-state index contributed by atoms with van der Waals surface area (Å²) < 4.78 is 31.6. The zero-order chi connectivity index (χ0) is 15.2. The van der Waals surface area contributed by atoms with Crippen molar-refractivity contribution in [3.8, 4) is 5.75 Å². The normalized spacial score (nSPS) is 13.2. The fourth-order valence-corrected chi connectivity index (χ4v) is 2.82. The molecule has 0 saturated heterocycles. The number of hydrogen-bond acceptors (Lipinski definition) is 5.